The first kappa shape index (κ1) is 9.51. The number of allylic oxidation sites excluding steroid dienone is 2. The minimum absolute atomic E-state index is 0.755. The largest absolute Gasteiger partial charge is 0.0776 e. The van der Waals surface area contributed by atoms with Crippen LogP contribution in [0.2, 0.25) is 0 Å². The third-order valence-corrected chi connectivity index (χ3v) is 3.18. The van der Waals surface area contributed by atoms with Gasteiger partial charge in [-0.25, -0.2) is 0 Å². The summed E-state index contributed by atoms with van der Waals surface area (Å²) in [4.78, 5) is 0. The average molecular weight is 186 g/mol. The van der Waals surface area contributed by atoms with Crippen LogP contribution in [0, 0.1) is 12.8 Å². The van der Waals surface area contributed by atoms with Gasteiger partial charge in [0, 0.05) is 0 Å². The third-order valence-electron chi connectivity index (χ3n) is 3.18. The Morgan fingerprint density at radius 2 is 2.07 bits per heavy atom. The van der Waals surface area contributed by atoms with Gasteiger partial charge in [-0.15, -0.1) is 0 Å². The van der Waals surface area contributed by atoms with Crippen molar-refractivity contribution in [2.24, 2.45) is 5.92 Å². The second kappa shape index (κ2) is 3.61. The van der Waals surface area contributed by atoms with Crippen LogP contribution < -0.4 is 0 Å². The van der Waals surface area contributed by atoms with Crippen molar-refractivity contribution in [2.45, 2.75) is 33.6 Å². The lowest BCUT2D eigenvalue weighted by Crippen LogP contribution is -2.08. The lowest BCUT2D eigenvalue weighted by Gasteiger charge is -2.22. The molecule has 0 N–H and O–H groups in total. The lowest BCUT2D eigenvalue weighted by atomic mass is 9.83. The summed E-state index contributed by atoms with van der Waals surface area (Å²) < 4.78 is 0. The standard InChI is InChI=1S/C14H18/c1-4-12-8-11(3)14-7-10(2)5-6-13(14)9-12/h5-8,12H,4,9H2,1-3H3. The summed E-state index contributed by atoms with van der Waals surface area (Å²) in [6.45, 7) is 6.67. The molecule has 0 amide bonds. The second-order valence-electron chi connectivity index (χ2n) is 4.38. The molecule has 0 heteroatoms. The first-order chi connectivity index (χ1) is 6.70. The molecule has 0 saturated heterocycles. The molecule has 0 aliphatic heterocycles. The Morgan fingerprint density at radius 3 is 2.79 bits per heavy atom. The Labute approximate surface area is 86.7 Å². The van der Waals surface area contributed by atoms with E-state index in [0.717, 1.165) is 5.92 Å². The first-order valence-corrected chi connectivity index (χ1v) is 5.49. The van der Waals surface area contributed by atoms with Crippen LogP contribution in [-0.4, -0.2) is 0 Å². The normalized spacial score (nSPS) is 20.2. The van der Waals surface area contributed by atoms with Crippen molar-refractivity contribution in [2.75, 3.05) is 0 Å². The van der Waals surface area contributed by atoms with E-state index >= 15 is 0 Å². The Morgan fingerprint density at radius 1 is 1.29 bits per heavy atom. The fourth-order valence-corrected chi connectivity index (χ4v) is 2.28. The van der Waals surface area contributed by atoms with Gasteiger partial charge in [-0.2, -0.15) is 0 Å². The Hall–Kier alpha value is -1.04. The van der Waals surface area contributed by atoms with Crippen LogP contribution in [0.4, 0.5) is 0 Å². The van der Waals surface area contributed by atoms with Gasteiger partial charge in [-0.05, 0) is 49.3 Å². The van der Waals surface area contributed by atoms with Gasteiger partial charge >= 0.3 is 0 Å². The molecule has 0 radical (unpaired) electrons. The van der Waals surface area contributed by atoms with Crippen LogP contribution in [-0.2, 0) is 6.42 Å². The van der Waals surface area contributed by atoms with E-state index < -0.39 is 0 Å². The van der Waals surface area contributed by atoms with Gasteiger partial charge in [0.25, 0.3) is 0 Å². The smallest absolute Gasteiger partial charge is 0.0189 e. The fourth-order valence-electron chi connectivity index (χ4n) is 2.28. The van der Waals surface area contributed by atoms with E-state index in [1.54, 1.807) is 0 Å². The first-order valence-electron chi connectivity index (χ1n) is 5.49. The number of hydrogen-bond donors (Lipinski definition) is 0. The van der Waals surface area contributed by atoms with Gasteiger partial charge in [-0.1, -0.05) is 36.8 Å². The van der Waals surface area contributed by atoms with Crippen molar-refractivity contribution >= 4 is 5.57 Å². The molecule has 74 valence electrons. The molecule has 1 unspecified atom stereocenters. The highest BCUT2D eigenvalue weighted by Crippen LogP contribution is 2.30. The third kappa shape index (κ3) is 1.61. The maximum atomic E-state index is 2.43. The quantitative estimate of drug-likeness (QED) is 0.622. The zero-order valence-corrected chi connectivity index (χ0v) is 9.30. The molecule has 1 atom stereocenters. The summed E-state index contributed by atoms with van der Waals surface area (Å²) in [6.07, 6.45) is 4.91. The Bertz CT molecular complexity index is 372. The van der Waals surface area contributed by atoms with Gasteiger partial charge in [-0.3, -0.25) is 0 Å². The van der Waals surface area contributed by atoms with E-state index in [4.69, 9.17) is 0 Å². The van der Waals surface area contributed by atoms with Gasteiger partial charge in [0.05, 0.1) is 0 Å². The highest BCUT2D eigenvalue weighted by molar-refractivity contribution is 5.69. The molecule has 0 spiro atoms. The summed E-state index contributed by atoms with van der Waals surface area (Å²) in [5.41, 5.74) is 5.82. The summed E-state index contributed by atoms with van der Waals surface area (Å²) in [6, 6.07) is 6.83. The second-order valence-corrected chi connectivity index (χ2v) is 4.38. The zero-order valence-electron chi connectivity index (χ0n) is 9.30. The molecule has 0 bridgehead atoms. The molecule has 0 saturated carbocycles. The van der Waals surface area contributed by atoms with Crippen molar-refractivity contribution in [1.82, 2.24) is 0 Å². The number of fused-ring (bicyclic) bond motifs is 1. The lowest BCUT2D eigenvalue weighted by molar-refractivity contribution is 0.617. The van der Waals surface area contributed by atoms with Crippen molar-refractivity contribution in [3.63, 3.8) is 0 Å². The molecular formula is C14H18. The number of hydrogen-bond acceptors (Lipinski definition) is 0. The minimum atomic E-state index is 0.755. The SMILES string of the molecule is CCC1C=C(C)c2cc(C)ccc2C1. The minimum Gasteiger partial charge on any atom is -0.0776 e. The van der Waals surface area contributed by atoms with Gasteiger partial charge in [0.15, 0.2) is 0 Å². The maximum Gasteiger partial charge on any atom is -0.0189 e. The molecule has 2 rings (SSSR count). The van der Waals surface area contributed by atoms with Gasteiger partial charge < -0.3 is 0 Å². The molecule has 14 heavy (non-hydrogen) atoms. The van der Waals surface area contributed by atoms with Crippen molar-refractivity contribution in [3.8, 4) is 0 Å². The average Bonchev–Trinajstić information content (AvgIpc) is 2.19. The zero-order chi connectivity index (χ0) is 10.1. The topological polar surface area (TPSA) is 0 Å². The number of aryl methyl sites for hydroxylation is 1. The van der Waals surface area contributed by atoms with E-state index in [1.807, 2.05) is 0 Å². The van der Waals surface area contributed by atoms with Gasteiger partial charge in [0.1, 0.15) is 0 Å². The van der Waals surface area contributed by atoms with Crippen molar-refractivity contribution < 1.29 is 0 Å². The maximum absolute atomic E-state index is 2.43. The van der Waals surface area contributed by atoms with Crippen LogP contribution in [0.1, 0.15) is 37.0 Å². The van der Waals surface area contributed by atoms with Crippen LogP contribution in [0.15, 0.2) is 24.3 Å². The predicted octanol–water partition coefficient (Wildman–Crippen LogP) is 3.98. The summed E-state index contributed by atoms with van der Waals surface area (Å²) in [7, 11) is 0. The number of rotatable bonds is 1. The van der Waals surface area contributed by atoms with E-state index in [2.05, 4.69) is 45.0 Å². The van der Waals surface area contributed by atoms with E-state index in [-0.39, 0.29) is 0 Å². The van der Waals surface area contributed by atoms with E-state index in [1.165, 1.54) is 35.1 Å². The predicted molar refractivity (Wildman–Crippen MR) is 62.3 cm³/mol. The Kier molecular flexibility index (Phi) is 2.45. The molecule has 1 aromatic rings. The molecule has 0 nitrogen and oxygen atoms in total. The van der Waals surface area contributed by atoms with Crippen LogP contribution in [0.3, 0.4) is 0 Å². The summed E-state index contributed by atoms with van der Waals surface area (Å²) >= 11 is 0. The molecule has 0 heterocycles. The molecule has 0 aromatic heterocycles. The molecule has 1 aromatic carbocycles. The summed E-state index contributed by atoms with van der Waals surface area (Å²) in [5.74, 6) is 0.755. The van der Waals surface area contributed by atoms with Gasteiger partial charge in [0.2, 0.25) is 0 Å². The van der Waals surface area contributed by atoms with E-state index in [9.17, 15) is 0 Å². The van der Waals surface area contributed by atoms with Crippen LogP contribution >= 0.6 is 0 Å². The van der Waals surface area contributed by atoms with Crippen LogP contribution in [0.25, 0.3) is 5.57 Å². The molecule has 0 fully saturated rings. The number of benzene rings is 1. The molecule has 1 aliphatic rings. The van der Waals surface area contributed by atoms with Crippen LogP contribution in [0.5, 0.6) is 0 Å². The monoisotopic (exact) mass is 186 g/mol. The van der Waals surface area contributed by atoms with Crippen molar-refractivity contribution in [3.05, 3.63) is 41.0 Å². The highest BCUT2D eigenvalue weighted by Gasteiger charge is 2.15. The highest BCUT2D eigenvalue weighted by atomic mass is 14.2. The molecule has 1 aliphatic carbocycles. The Balaban J connectivity index is 2.45. The van der Waals surface area contributed by atoms with Crippen molar-refractivity contribution in [1.29, 1.82) is 0 Å². The summed E-state index contributed by atoms with van der Waals surface area (Å²) in [5, 5.41) is 0. The fraction of sp³-hybridized carbons (Fsp3) is 0.429. The molecular weight excluding hydrogens is 168 g/mol. The van der Waals surface area contributed by atoms with E-state index in [0.29, 0.717) is 0 Å².